The molecule has 1 aliphatic rings. The van der Waals surface area contributed by atoms with E-state index in [4.69, 9.17) is 9.47 Å². The molecule has 6 nitrogen and oxygen atoms in total. The summed E-state index contributed by atoms with van der Waals surface area (Å²) in [6, 6.07) is 10.4. The average Bonchev–Trinajstić information content (AvgIpc) is 3.00. The van der Waals surface area contributed by atoms with E-state index in [9.17, 15) is 19.1 Å². The number of carbonyl (C=O) groups excluding carboxylic acids is 2. The molecule has 0 saturated carbocycles. The summed E-state index contributed by atoms with van der Waals surface area (Å²) in [5.74, 6) is -1.63. The van der Waals surface area contributed by atoms with Crippen LogP contribution in [-0.4, -0.2) is 48.1 Å². The van der Waals surface area contributed by atoms with Crippen LogP contribution in [0.3, 0.4) is 0 Å². The second kappa shape index (κ2) is 9.96. The molecule has 2 aromatic carbocycles. The van der Waals surface area contributed by atoms with Crippen molar-refractivity contribution in [1.82, 2.24) is 4.90 Å². The highest BCUT2D eigenvalue weighted by molar-refractivity contribution is 6.46. The van der Waals surface area contributed by atoms with Gasteiger partial charge in [0.2, 0.25) is 0 Å². The molecule has 0 radical (unpaired) electrons. The molecule has 0 spiro atoms. The number of rotatable bonds is 8. The molecule has 0 aliphatic carbocycles. The summed E-state index contributed by atoms with van der Waals surface area (Å²) >= 11 is 0. The molecule has 32 heavy (non-hydrogen) atoms. The molecular formula is C25H28FNO5. The standard InChI is InChI=1S/C25H28FNO5/c1-15(2)32-19-8-5-7-17(14-19)22-21(23(28)18-9-10-20(26)16(3)13-18)24(29)25(30)27(22)11-6-12-31-4/h5,7-10,13-15,22,28H,6,11-12H2,1-4H3/b23-21-. The molecule has 0 aromatic heterocycles. The fourth-order valence-electron chi connectivity index (χ4n) is 3.81. The lowest BCUT2D eigenvalue weighted by Crippen LogP contribution is -2.31. The SMILES string of the molecule is COCCCN1C(=O)C(=O)/C(=C(\O)c2ccc(F)c(C)c2)C1c1cccc(OC(C)C)c1. The van der Waals surface area contributed by atoms with Gasteiger partial charge in [0.15, 0.2) is 0 Å². The number of nitrogens with zero attached hydrogens (tertiary/aromatic N) is 1. The van der Waals surface area contributed by atoms with Crippen LogP contribution in [0.15, 0.2) is 48.0 Å². The Labute approximate surface area is 187 Å². The van der Waals surface area contributed by atoms with Gasteiger partial charge in [-0.1, -0.05) is 12.1 Å². The minimum atomic E-state index is -0.798. The summed E-state index contributed by atoms with van der Waals surface area (Å²) in [5.41, 5.74) is 1.21. The van der Waals surface area contributed by atoms with Gasteiger partial charge in [0.05, 0.1) is 17.7 Å². The Morgan fingerprint density at radius 1 is 1.19 bits per heavy atom. The second-order valence-electron chi connectivity index (χ2n) is 8.04. The van der Waals surface area contributed by atoms with Crippen LogP contribution in [0.25, 0.3) is 5.76 Å². The number of likely N-dealkylation sites (tertiary alicyclic amines) is 1. The fourth-order valence-corrected chi connectivity index (χ4v) is 3.81. The number of aliphatic hydroxyl groups excluding tert-OH is 1. The maximum atomic E-state index is 13.8. The quantitative estimate of drug-likeness (QED) is 0.285. The van der Waals surface area contributed by atoms with E-state index in [-0.39, 0.29) is 29.5 Å². The second-order valence-corrected chi connectivity index (χ2v) is 8.04. The van der Waals surface area contributed by atoms with Gasteiger partial charge in [-0.2, -0.15) is 0 Å². The zero-order chi connectivity index (χ0) is 23.4. The third kappa shape index (κ3) is 4.83. The molecule has 1 atom stereocenters. The molecular weight excluding hydrogens is 413 g/mol. The minimum Gasteiger partial charge on any atom is -0.507 e. The van der Waals surface area contributed by atoms with Crippen molar-refractivity contribution in [3.05, 3.63) is 70.5 Å². The number of carbonyl (C=O) groups is 2. The van der Waals surface area contributed by atoms with Gasteiger partial charge in [0, 0.05) is 25.8 Å². The van der Waals surface area contributed by atoms with E-state index in [1.54, 1.807) is 38.3 Å². The van der Waals surface area contributed by atoms with Gasteiger partial charge in [-0.3, -0.25) is 9.59 Å². The van der Waals surface area contributed by atoms with Crippen molar-refractivity contribution in [1.29, 1.82) is 0 Å². The van der Waals surface area contributed by atoms with Crippen LogP contribution in [0, 0.1) is 12.7 Å². The first-order valence-corrected chi connectivity index (χ1v) is 10.5. The first kappa shape index (κ1) is 23.5. The van der Waals surface area contributed by atoms with Gasteiger partial charge in [-0.05, 0) is 68.7 Å². The Kier molecular flexibility index (Phi) is 7.30. The van der Waals surface area contributed by atoms with Crippen LogP contribution >= 0.6 is 0 Å². The highest BCUT2D eigenvalue weighted by Gasteiger charge is 2.45. The molecule has 1 saturated heterocycles. The molecule has 2 aromatic rings. The smallest absolute Gasteiger partial charge is 0.295 e. The molecule has 1 N–H and O–H groups in total. The van der Waals surface area contributed by atoms with Gasteiger partial charge in [-0.15, -0.1) is 0 Å². The molecule has 1 heterocycles. The third-order valence-electron chi connectivity index (χ3n) is 5.26. The number of hydrogen-bond acceptors (Lipinski definition) is 5. The number of halogens is 1. The van der Waals surface area contributed by atoms with Crippen LogP contribution < -0.4 is 4.74 Å². The summed E-state index contributed by atoms with van der Waals surface area (Å²) in [5, 5.41) is 11.1. The Bertz CT molecular complexity index is 1050. The predicted molar refractivity (Wildman–Crippen MR) is 119 cm³/mol. The van der Waals surface area contributed by atoms with Gasteiger partial charge >= 0.3 is 0 Å². The maximum absolute atomic E-state index is 13.8. The number of ketones is 1. The molecule has 7 heteroatoms. The molecule has 1 amide bonds. The zero-order valence-electron chi connectivity index (χ0n) is 18.7. The van der Waals surface area contributed by atoms with Crippen molar-refractivity contribution in [2.75, 3.05) is 20.3 Å². The summed E-state index contributed by atoms with van der Waals surface area (Å²) in [4.78, 5) is 27.4. The first-order chi connectivity index (χ1) is 15.2. The van der Waals surface area contributed by atoms with Crippen LogP contribution in [0.2, 0.25) is 0 Å². The normalized spacial score (nSPS) is 17.9. The van der Waals surface area contributed by atoms with Crippen LogP contribution in [-0.2, 0) is 14.3 Å². The van der Waals surface area contributed by atoms with Crippen LogP contribution in [0.4, 0.5) is 4.39 Å². The van der Waals surface area contributed by atoms with Crippen molar-refractivity contribution in [2.24, 2.45) is 0 Å². The highest BCUT2D eigenvalue weighted by Crippen LogP contribution is 2.40. The number of benzene rings is 2. The van der Waals surface area contributed by atoms with Gasteiger partial charge in [0.25, 0.3) is 11.7 Å². The van der Waals surface area contributed by atoms with Crippen molar-refractivity contribution in [2.45, 2.75) is 39.3 Å². The van der Waals surface area contributed by atoms with Gasteiger partial charge in [0.1, 0.15) is 17.3 Å². The van der Waals surface area contributed by atoms with Crippen molar-refractivity contribution in [3.63, 3.8) is 0 Å². The van der Waals surface area contributed by atoms with E-state index in [1.165, 1.54) is 23.1 Å². The predicted octanol–water partition coefficient (Wildman–Crippen LogP) is 4.38. The monoisotopic (exact) mass is 441 g/mol. The minimum absolute atomic E-state index is 0.0277. The molecule has 170 valence electrons. The van der Waals surface area contributed by atoms with Crippen LogP contribution in [0.1, 0.15) is 43.0 Å². The lowest BCUT2D eigenvalue weighted by molar-refractivity contribution is -0.140. The lowest BCUT2D eigenvalue weighted by atomic mass is 9.94. The fraction of sp³-hybridized carbons (Fsp3) is 0.360. The van der Waals surface area contributed by atoms with E-state index >= 15 is 0 Å². The Morgan fingerprint density at radius 3 is 2.59 bits per heavy atom. The Balaban J connectivity index is 2.14. The first-order valence-electron chi connectivity index (χ1n) is 10.5. The molecule has 3 rings (SSSR count). The number of ether oxygens (including phenoxy) is 2. The lowest BCUT2D eigenvalue weighted by Gasteiger charge is -2.26. The molecule has 1 fully saturated rings. The molecule has 1 unspecified atom stereocenters. The summed E-state index contributed by atoms with van der Waals surface area (Å²) in [6.45, 7) is 6.07. The van der Waals surface area contributed by atoms with Crippen LogP contribution in [0.5, 0.6) is 5.75 Å². The van der Waals surface area contributed by atoms with E-state index in [1.807, 2.05) is 13.8 Å². The number of hydrogen-bond donors (Lipinski definition) is 1. The topological polar surface area (TPSA) is 76.1 Å². The van der Waals surface area contributed by atoms with Crippen molar-refractivity contribution >= 4 is 17.4 Å². The van der Waals surface area contributed by atoms with Crippen molar-refractivity contribution in [3.8, 4) is 5.75 Å². The number of Topliss-reactive ketones (excluding diaryl/α,β-unsaturated/α-hetero) is 1. The number of aliphatic hydroxyl groups is 1. The number of methoxy groups -OCH3 is 1. The average molecular weight is 441 g/mol. The number of aryl methyl sites for hydroxylation is 1. The van der Waals surface area contributed by atoms with Gasteiger partial charge in [-0.25, -0.2) is 4.39 Å². The molecule has 1 aliphatic heterocycles. The molecule has 0 bridgehead atoms. The number of amides is 1. The zero-order valence-corrected chi connectivity index (χ0v) is 18.7. The summed E-state index contributed by atoms with van der Waals surface area (Å²) in [6.07, 6.45) is 0.471. The summed E-state index contributed by atoms with van der Waals surface area (Å²) in [7, 11) is 1.56. The van der Waals surface area contributed by atoms with E-state index < -0.39 is 23.5 Å². The van der Waals surface area contributed by atoms with E-state index in [0.29, 0.717) is 29.9 Å². The third-order valence-corrected chi connectivity index (χ3v) is 5.26. The Morgan fingerprint density at radius 2 is 1.94 bits per heavy atom. The van der Waals surface area contributed by atoms with Crippen molar-refractivity contribution < 1.29 is 28.6 Å². The highest BCUT2D eigenvalue weighted by atomic mass is 19.1. The van der Waals surface area contributed by atoms with E-state index in [0.717, 1.165) is 0 Å². The van der Waals surface area contributed by atoms with Gasteiger partial charge < -0.3 is 19.5 Å². The Hall–Kier alpha value is -3.19. The largest absolute Gasteiger partial charge is 0.507 e. The summed E-state index contributed by atoms with van der Waals surface area (Å²) < 4.78 is 24.6. The maximum Gasteiger partial charge on any atom is 0.295 e. The van der Waals surface area contributed by atoms with E-state index in [2.05, 4.69) is 0 Å².